The van der Waals surface area contributed by atoms with Crippen molar-refractivity contribution in [2.75, 3.05) is 0 Å². The zero-order valence-electron chi connectivity index (χ0n) is 1.73. The molecule has 0 aliphatic carbocycles. The van der Waals surface area contributed by atoms with Crippen LogP contribution in [0.15, 0.2) is 0 Å². The molecule has 0 N–H and O–H groups in total. The van der Waals surface area contributed by atoms with Gasteiger partial charge in [-0.1, -0.05) is 0 Å². The fourth-order valence-corrected chi connectivity index (χ4v) is 0. The summed E-state index contributed by atoms with van der Waals surface area (Å²) < 4.78 is 0. The van der Waals surface area contributed by atoms with E-state index in [1.54, 1.807) is 0 Å². The predicted octanol–water partition coefficient (Wildman–Crippen LogP) is -2.04. The third-order valence-electron chi connectivity index (χ3n) is 0. The van der Waals surface area contributed by atoms with Crippen LogP contribution in [0.3, 0.4) is 0 Å². The van der Waals surface area contributed by atoms with Crippen molar-refractivity contribution in [1.82, 2.24) is 0 Å². The van der Waals surface area contributed by atoms with E-state index in [2.05, 4.69) is 0 Å². The normalized spacial score (nSPS) is 0. The van der Waals surface area contributed by atoms with Crippen molar-refractivity contribution >= 4 is 51.2 Å². The zero-order valence-corrected chi connectivity index (χ0v) is 8.17. The molecule has 0 fully saturated rings. The molecule has 0 saturated carbocycles. The van der Waals surface area contributed by atoms with Crippen LogP contribution in [0.2, 0.25) is 0 Å². The maximum atomic E-state index is 0. The van der Waals surface area contributed by atoms with Gasteiger partial charge in [0.2, 0.25) is 0 Å². The first kappa shape index (κ1) is 34.0. The molecule has 2 radical (unpaired) electrons. The quantitative estimate of drug-likeness (QED) is 0.340. The van der Waals surface area contributed by atoms with Gasteiger partial charge in [0.15, 0.2) is 17.4 Å². The molecule has 4 heavy (non-hydrogen) atoms. The Morgan fingerprint density at radius 1 is 1.00 bits per heavy atom. The topological polar surface area (TPSA) is 0 Å². The van der Waals surface area contributed by atoms with E-state index in [-0.39, 0.29) is 67.7 Å². The van der Waals surface area contributed by atoms with Crippen molar-refractivity contribution in [3.05, 3.63) is 0 Å². The van der Waals surface area contributed by atoms with Crippen LogP contribution in [0, 0.1) is 0 Å². The molecular formula is H8AlNiPSn. The van der Waals surface area contributed by atoms with Crippen molar-refractivity contribution in [2.45, 2.75) is 0 Å². The summed E-state index contributed by atoms with van der Waals surface area (Å²) in [7, 11) is 0. The molecule has 0 spiro atoms. The van der Waals surface area contributed by atoms with Gasteiger partial charge in [0.25, 0.3) is 0 Å². The third kappa shape index (κ3) is 8.87. The van der Waals surface area contributed by atoms with E-state index < -0.39 is 0 Å². The van der Waals surface area contributed by atoms with Gasteiger partial charge in [0.1, 0.15) is 0 Å². The van der Waals surface area contributed by atoms with Crippen molar-refractivity contribution in [3.8, 4) is 0 Å². The van der Waals surface area contributed by atoms with E-state index >= 15 is 0 Å². The Labute approximate surface area is 67.1 Å². The van der Waals surface area contributed by atoms with Crippen molar-refractivity contribution in [2.24, 2.45) is 0 Å². The maximum absolute atomic E-state index is 0. The molecule has 0 aromatic carbocycles. The van der Waals surface area contributed by atoms with Crippen LogP contribution in [0.5, 0.6) is 0 Å². The summed E-state index contributed by atoms with van der Waals surface area (Å²) in [6.45, 7) is 0. The Balaban J connectivity index is 0. The predicted molar refractivity (Wildman–Crippen MR) is 29.6 cm³/mol. The molecule has 0 aliphatic rings. The summed E-state index contributed by atoms with van der Waals surface area (Å²) in [4.78, 5) is 0. The zero-order chi connectivity index (χ0) is 0. The summed E-state index contributed by atoms with van der Waals surface area (Å²) in [5.41, 5.74) is 0. The molecular weight excluding hydrogens is 235 g/mol. The second kappa shape index (κ2) is 18.7. The minimum atomic E-state index is 0. The molecule has 4 heteroatoms. The van der Waals surface area contributed by atoms with Crippen LogP contribution in [-0.2, 0) is 16.5 Å². The van der Waals surface area contributed by atoms with Crippen LogP contribution in [0.1, 0.15) is 0 Å². The number of rotatable bonds is 0. The van der Waals surface area contributed by atoms with Gasteiger partial charge in [-0.25, -0.2) is 0 Å². The van der Waals surface area contributed by atoms with Gasteiger partial charge in [-0.15, -0.1) is 0 Å². The molecule has 0 rings (SSSR count). The van der Waals surface area contributed by atoms with E-state index in [4.69, 9.17) is 0 Å². The van der Waals surface area contributed by atoms with Crippen LogP contribution in [0.4, 0.5) is 0 Å². The second-order valence-electron chi connectivity index (χ2n) is 0. The van der Waals surface area contributed by atoms with Crippen molar-refractivity contribution in [3.63, 3.8) is 0 Å². The molecule has 30 valence electrons. The molecule has 0 nitrogen and oxygen atoms in total. The number of hydrogen-bond donors (Lipinski definition) is 0. The molecule has 1 unspecified atom stereocenters. The Bertz CT molecular complexity index is 8.00. The first-order valence-electron chi connectivity index (χ1n) is 0. The molecule has 0 aromatic rings. The fourth-order valence-electron chi connectivity index (χ4n) is 0. The Kier molecular flexibility index (Phi) is 159. The van der Waals surface area contributed by atoms with Crippen LogP contribution < -0.4 is 0 Å². The van der Waals surface area contributed by atoms with E-state index in [1.165, 1.54) is 0 Å². The van der Waals surface area contributed by atoms with Gasteiger partial charge in [-0.2, -0.15) is 9.90 Å². The average molecular weight is 243 g/mol. The van der Waals surface area contributed by atoms with Gasteiger partial charge in [-0.3, -0.25) is 0 Å². The second-order valence-corrected chi connectivity index (χ2v) is 0. The molecule has 1 atom stereocenters. The monoisotopic (exact) mass is 244 g/mol. The van der Waals surface area contributed by atoms with Crippen LogP contribution >= 0.6 is 9.90 Å². The Morgan fingerprint density at radius 2 is 1.00 bits per heavy atom. The third-order valence-corrected chi connectivity index (χ3v) is 0. The van der Waals surface area contributed by atoms with E-state index in [0.717, 1.165) is 0 Å². The number of hydrogen-bond acceptors (Lipinski definition) is 0. The van der Waals surface area contributed by atoms with Gasteiger partial charge in [0, 0.05) is 16.5 Å². The molecule has 0 bridgehead atoms. The minimum absolute atomic E-state index is 0. The molecule has 0 amide bonds. The Morgan fingerprint density at radius 3 is 1.00 bits per heavy atom. The van der Waals surface area contributed by atoms with Crippen molar-refractivity contribution < 1.29 is 16.5 Å². The first-order chi connectivity index (χ1) is 0. The summed E-state index contributed by atoms with van der Waals surface area (Å²) in [5, 5.41) is 0. The summed E-state index contributed by atoms with van der Waals surface area (Å²) in [6.07, 6.45) is 0. The van der Waals surface area contributed by atoms with E-state index in [0.29, 0.717) is 0 Å². The van der Waals surface area contributed by atoms with Crippen LogP contribution in [0.25, 0.3) is 0 Å². The van der Waals surface area contributed by atoms with E-state index in [1.807, 2.05) is 0 Å². The molecule has 0 aromatic heterocycles. The van der Waals surface area contributed by atoms with Gasteiger partial charge < -0.3 is 0 Å². The molecule has 0 aliphatic heterocycles. The summed E-state index contributed by atoms with van der Waals surface area (Å²) >= 11 is 0. The fraction of sp³-hybridized carbons (Fsp3) is 0. The van der Waals surface area contributed by atoms with Gasteiger partial charge in [-0.05, 0) is 0 Å². The Hall–Kier alpha value is 2.25. The van der Waals surface area contributed by atoms with E-state index in [9.17, 15) is 0 Å². The molecule has 0 heterocycles. The van der Waals surface area contributed by atoms with Crippen molar-refractivity contribution in [1.29, 1.82) is 0 Å². The summed E-state index contributed by atoms with van der Waals surface area (Å²) in [5.74, 6) is 0. The molecule has 0 saturated heterocycles. The van der Waals surface area contributed by atoms with Crippen LogP contribution in [-0.4, -0.2) is 41.3 Å². The summed E-state index contributed by atoms with van der Waals surface area (Å²) in [6, 6.07) is 0. The standard InChI is InChI=1S/Al.Ni.H3P.Sn.5H/h;;1H3;;;;;;. The van der Waals surface area contributed by atoms with Gasteiger partial charge in [0.05, 0.1) is 0 Å². The average Bonchev–Trinajstić information content (AvgIpc) is 0. The van der Waals surface area contributed by atoms with Gasteiger partial charge >= 0.3 is 23.9 Å². The first-order valence-corrected chi connectivity index (χ1v) is 0. The SMILES string of the molecule is P.[AlH3].[Ni].[SnH2].